The van der Waals surface area contributed by atoms with Crippen LogP contribution in [0, 0.1) is 0 Å². The van der Waals surface area contributed by atoms with Crippen molar-refractivity contribution >= 4 is 17.7 Å². The minimum Gasteiger partial charge on any atom is -0.497 e. The van der Waals surface area contributed by atoms with Crippen molar-refractivity contribution < 1.29 is 24.2 Å². The SMILES string of the molecule is COc1ccc(NC(=O)NCCOCC(=O)O)cc1. The number of hydrogen-bond donors (Lipinski definition) is 3. The summed E-state index contributed by atoms with van der Waals surface area (Å²) in [5, 5.41) is 13.5. The zero-order valence-electron chi connectivity index (χ0n) is 10.5. The second-order valence-electron chi connectivity index (χ2n) is 3.56. The van der Waals surface area contributed by atoms with Crippen molar-refractivity contribution in [3.63, 3.8) is 0 Å². The molecule has 0 saturated heterocycles. The molecule has 3 N–H and O–H groups in total. The predicted octanol–water partition coefficient (Wildman–Crippen LogP) is 0.918. The highest BCUT2D eigenvalue weighted by Gasteiger charge is 2.01. The van der Waals surface area contributed by atoms with Crippen LogP contribution >= 0.6 is 0 Å². The minimum absolute atomic E-state index is 0.141. The third kappa shape index (κ3) is 6.27. The maximum atomic E-state index is 11.4. The van der Waals surface area contributed by atoms with Gasteiger partial charge in [-0.15, -0.1) is 0 Å². The number of carbonyl (C=O) groups excluding carboxylic acids is 1. The first-order valence-corrected chi connectivity index (χ1v) is 5.60. The number of urea groups is 1. The van der Waals surface area contributed by atoms with Crippen LogP contribution in [0.5, 0.6) is 5.75 Å². The van der Waals surface area contributed by atoms with Gasteiger partial charge >= 0.3 is 12.0 Å². The standard InChI is InChI=1S/C12H16N2O5/c1-18-10-4-2-9(3-5-10)14-12(17)13-6-7-19-8-11(15)16/h2-5H,6-8H2,1H3,(H,15,16)(H2,13,14,17). The first-order chi connectivity index (χ1) is 9.11. The molecule has 0 spiro atoms. The first kappa shape index (κ1) is 14.8. The van der Waals surface area contributed by atoms with Crippen molar-refractivity contribution in [3.8, 4) is 5.75 Å². The van der Waals surface area contributed by atoms with Gasteiger partial charge in [-0.2, -0.15) is 0 Å². The number of methoxy groups -OCH3 is 1. The number of anilines is 1. The maximum absolute atomic E-state index is 11.4. The molecule has 19 heavy (non-hydrogen) atoms. The van der Waals surface area contributed by atoms with Crippen molar-refractivity contribution in [1.82, 2.24) is 5.32 Å². The van der Waals surface area contributed by atoms with E-state index >= 15 is 0 Å². The fourth-order valence-corrected chi connectivity index (χ4v) is 1.25. The van der Waals surface area contributed by atoms with Gasteiger partial charge in [0.05, 0.1) is 13.7 Å². The van der Waals surface area contributed by atoms with Gasteiger partial charge in [0.2, 0.25) is 0 Å². The Morgan fingerprint density at radius 1 is 1.26 bits per heavy atom. The van der Waals surface area contributed by atoms with Crippen molar-refractivity contribution in [1.29, 1.82) is 0 Å². The molecule has 1 aromatic carbocycles. The number of nitrogens with one attached hydrogen (secondary N) is 2. The molecule has 0 aliphatic heterocycles. The molecule has 0 unspecified atom stereocenters. The number of carboxylic acid groups (broad SMARTS) is 1. The Labute approximate surface area is 110 Å². The van der Waals surface area contributed by atoms with Gasteiger partial charge in [0, 0.05) is 12.2 Å². The summed E-state index contributed by atoms with van der Waals surface area (Å²) in [6.07, 6.45) is 0. The van der Waals surface area contributed by atoms with Gasteiger partial charge < -0.3 is 25.2 Å². The Hall–Kier alpha value is -2.28. The fraction of sp³-hybridized carbons (Fsp3) is 0.333. The third-order valence-corrected chi connectivity index (χ3v) is 2.11. The number of carbonyl (C=O) groups is 2. The number of hydrogen-bond acceptors (Lipinski definition) is 4. The third-order valence-electron chi connectivity index (χ3n) is 2.11. The summed E-state index contributed by atoms with van der Waals surface area (Å²) in [4.78, 5) is 21.6. The minimum atomic E-state index is -1.04. The molecule has 1 rings (SSSR count). The van der Waals surface area contributed by atoms with Gasteiger partial charge in [-0.25, -0.2) is 9.59 Å². The molecule has 0 heterocycles. The Morgan fingerprint density at radius 2 is 1.95 bits per heavy atom. The summed E-state index contributed by atoms with van der Waals surface area (Å²) in [7, 11) is 1.56. The van der Waals surface area contributed by atoms with Crippen LogP contribution in [0.3, 0.4) is 0 Å². The van der Waals surface area contributed by atoms with Gasteiger partial charge in [-0.1, -0.05) is 0 Å². The zero-order valence-corrected chi connectivity index (χ0v) is 10.5. The van der Waals surface area contributed by atoms with Gasteiger partial charge in [0.25, 0.3) is 0 Å². The fourth-order valence-electron chi connectivity index (χ4n) is 1.25. The van der Waals surface area contributed by atoms with Gasteiger partial charge in [-0.3, -0.25) is 0 Å². The molecular formula is C12H16N2O5. The van der Waals surface area contributed by atoms with Crippen LogP contribution in [0.2, 0.25) is 0 Å². The summed E-state index contributed by atoms with van der Waals surface area (Å²) in [5.74, 6) is -0.337. The Bertz CT molecular complexity index is 419. The highest BCUT2D eigenvalue weighted by Crippen LogP contribution is 2.14. The van der Waals surface area contributed by atoms with Gasteiger partial charge in [0.15, 0.2) is 0 Å². The molecule has 0 saturated carbocycles. The quantitative estimate of drug-likeness (QED) is 0.639. The highest BCUT2D eigenvalue weighted by atomic mass is 16.5. The lowest BCUT2D eigenvalue weighted by Gasteiger charge is -2.08. The van der Waals surface area contributed by atoms with Crippen molar-refractivity contribution in [2.24, 2.45) is 0 Å². The topological polar surface area (TPSA) is 96.9 Å². The number of amides is 2. The highest BCUT2D eigenvalue weighted by molar-refractivity contribution is 5.89. The normalized spacial score (nSPS) is 9.74. The monoisotopic (exact) mass is 268 g/mol. The molecule has 1 aromatic rings. The van der Waals surface area contributed by atoms with Crippen LogP contribution in [-0.4, -0.2) is 44.0 Å². The molecule has 7 nitrogen and oxygen atoms in total. The molecule has 0 aliphatic carbocycles. The average Bonchev–Trinajstić information content (AvgIpc) is 2.39. The molecule has 0 fully saturated rings. The van der Waals surface area contributed by atoms with E-state index in [-0.39, 0.29) is 25.8 Å². The van der Waals surface area contributed by atoms with E-state index in [2.05, 4.69) is 10.6 Å². The second-order valence-corrected chi connectivity index (χ2v) is 3.56. The van der Waals surface area contributed by atoms with E-state index < -0.39 is 5.97 Å². The maximum Gasteiger partial charge on any atom is 0.329 e. The largest absolute Gasteiger partial charge is 0.497 e. The Balaban J connectivity index is 2.21. The van der Waals surface area contributed by atoms with Crippen LogP contribution < -0.4 is 15.4 Å². The van der Waals surface area contributed by atoms with Gasteiger partial charge in [0.1, 0.15) is 12.4 Å². The molecule has 0 atom stereocenters. The van der Waals surface area contributed by atoms with Crippen molar-refractivity contribution in [2.75, 3.05) is 32.2 Å². The second kappa shape index (κ2) is 7.93. The summed E-state index contributed by atoms with van der Waals surface area (Å²) < 4.78 is 9.76. The van der Waals surface area contributed by atoms with E-state index in [9.17, 15) is 9.59 Å². The first-order valence-electron chi connectivity index (χ1n) is 5.60. The number of carboxylic acids is 1. The zero-order chi connectivity index (χ0) is 14.1. The van der Waals surface area contributed by atoms with Crippen molar-refractivity contribution in [3.05, 3.63) is 24.3 Å². The molecule has 104 valence electrons. The van der Waals surface area contributed by atoms with E-state index in [1.54, 1.807) is 31.4 Å². The Kier molecular flexibility index (Phi) is 6.17. The lowest BCUT2D eigenvalue weighted by Crippen LogP contribution is -2.31. The van der Waals surface area contributed by atoms with Gasteiger partial charge in [-0.05, 0) is 24.3 Å². The summed E-state index contributed by atoms with van der Waals surface area (Å²) in [6.45, 7) is -0.000616. The predicted molar refractivity (Wildman–Crippen MR) is 68.5 cm³/mol. The van der Waals surface area contributed by atoms with Crippen LogP contribution in [-0.2, 0) is 9.53 Å². The molecule has 0 aliphatic rings. The molecule has 7 heteroatoms. The lowest BCUT2D eigenvalue weighted by molar-refractivity contribution is -0.142. The van der Waals surface area contributed by atoms with Crippen LogP contribution in [0.1, 0.15) is 0 Å². The molecular weight excluding hydrogens is 252 g/mol. The van der Waals surface area contributed by atoms with Crippen LogP contribution in [0.4, 0.5) is 10.5 Å². The Morgan fingerprint density at radius 3 is 2.53 bits per heavy atom. The molecule has 0 bridgehead atoms. The van der Waals surface area contributed by atoms with Crippen LogP contribution in [0.15, 0.2) is 24.3 Å². The van der Waals surface area contributed by atoms with E-state index in [0.29, 0.717) is 11.4 Å². The van der Waals surface area contributed by atoms with E-state index in [4.69, 9.17) is 14.6 Å². The summed E-state index contributed by atoms with van der Waals surface area (Å²) >= 11 is 0. The number of ether oxygens (including phenoxy) is 2. The van der Waals surface area contributed by atoms with E-state index in [1.807, 2.05) is 0 Å². The van der Waals surface area contributed by atoms with Crippen molar-refractivity contribution in [2.45, 2.75) is 0 Å². The van der Waals surface area contributed by atoms with Crippen LogP contribution in [0.25, 0.3) is 0 Å². The molecule has 2 amide bonds. The summed E-state index contributed by atoms with van der Waals surface area (Å²) in [5.41, 5.74) is 0.629. The number of aliphatic carboxylic acids is 1. The van der Waals surface area contributed by atoms with E-state index in [1.165, 1.54) is 0 Å². The number of benzene rings is 1. The number of rotatable bonds is 7. The summed E-state index contributed by atoms with van der Waals surface area (Å²) in [6, 6.07) is 6.49. The molecule has 0 radical (unpaired) electrons. The smallest absolute Gasteiger partial charge is 0.329 e. The average molecular weight is 268 g/mol. The molecule has 0 aromatic heterocycles. The lowest BCUT2D eigenvalue weighted by atomic mass is 10.3. The van der Waals surface area contributed by atoms with E-state index in [0.717, 1.165) is 0 Å².